The summed E-state index contributed by atoms with van der Waals surface area (Å²) in [4.78, 5) is 25.7. The summed E-state index contributed by atoms with van der Waals surface area (Å²) in [6.07, 6.45) is 1.67. The van der Waals surface area contributed by atoms with Crippen LogP contribution in [-0.2, 0) is 11.3 Å². The van der Waals surface area contributed by atoms with Crippen LogP contribution < -0.4 is 5.11 Å². The third-order valence-electron chi connectivity index (χ3n) is 4.36. The molecule has 0 saturated carbocycles. The molecular formula is C22H14NO4S2-. The number of thioether (sulfide) groups is 1. The Kier molecular flexibility index (Phi) is 5.33. The Labute approximate surface area is 176 Å². The van der Waals surface area contributed by atoms with Crippen LogP contribution in [-0.4, -0.2) is 21.1 Å². The maximum absolute atomic E-state index is 12.7. The van der Waals surface area contributed by atoms with Gasteiger partial charge in [0.2, 0.25) is 0 Å². The molecule has 1 saturated heterocycles. The van der Waals surface area contributed by atoms with Crippen LogP contribution in [0.1, 0.15) is 21.7 Å². The molecule has 1 aliphatic rings. The Bertz CT molecular complexity index is 1120. The summed E-state index contributed by atoms with van der Waals surface area (Å²) in [5, 5.41) is 10.9. The van der Waals surface area contributed by atoms with E-state index in [-0.39, 0.29) is 11.5 Å². The highest BCUT2D eigenvalue weighted by atomic mass is 32.2. The molecule has 4 rings (SSSR count). The third-order valence-corrected chi connectivity index (χ3v) is 5.74. The average molecular weight is 420 g/mol. The van der Waals surface area contributed by atoms with Gasteiger partial charge < -0.3 is 14.3 Å². The molecule has 0 spiro atoms. The fraction of sp³-hybridized carbons (Fsp3) is 0.0455. The van der Waals surface area contributed by atoms with Crippen molar-refractivity contribution < 1.29 is 19.1 Å². The van der Waals surface area contributed by atoms with E-state index >= 15 is 0 Å². The van der Waals surface area contributed by atoms with E-state index in [0.29, 0.717) is 27.3 Å². The van der Waals surface area contributed by atoms with Crippen LogP contribution in [0.15, 0.2) is 76.1 Å². The Morgan fingerprint density at radius 1 is 1.07 bits per heavy atom. The van der Waals surface area contributed by atoms with Crippen molar-refractivity contribution in [3.8, 4) is 11.3 Å². The van der Waals surface area contributed by atoms with E-state index in [0.717, 1.165) is 11.1 Å². The van der Waals surface area contributed by atoms with E-state index in [4.69, 9.17) is 16.6 Å². The number of rotatable bonds is 5. The summed E-state index contributed by atoms with van der Waals surface area (Å²) >= 11 is 6.61. The molecule has 2 aromatic carbocycles. The molecule has 1 aromatic heterocycles. The van der Waals surface area contributed by atoms with Gasteiger partial charge in [-0.3, -0.25) is 9.69 Å². The smallest absolute Gasteiger partial charge is 0.266 e. The average Bonchev–Trinajstić information content (AvgIpc) is 3.29. The minimum atomic E-state index is -1.23. The molecule has 0 radical (unpaired) electrons. The first-order valence-corrected chi connectivity index (χ1v) is 9.94. The molecule has 0 atom stereocenters. The van der Waals surface area contributed by atoms with Gasteiger partial charge >= 0.3 is 0 Å². The number of benzene rings is 2. The van der Waals surface area contributed by atoms with Crippen molar-refractivity contribution in [1.29, 1.82) is 0 Å². The number of aromatic carboxylic acids is 1. The predicted octanol–water partition coefficient (Wildman–Crippen LogP) is 3.71. The van der Waals surface area contributed by atoms with Crippen LogP contribution in [0.4, 0.5) is 0 Å². The molecule has 2 heterocycles. The molecule has 0 aliphatic carbocycles. The largest absolute Gasteiger partial charge is 0.545 e. The third kappa shape index (κ3) is 4.16. The number of carbonyl (C=O) groups is 2. The van der Waals surface area contributed by atoms with Crippen molar-refractivity contribution in [3.63, 3.8) is 0 Å². The maximum atomic E-state index is 12.7. The molecule has 1 fully saturated rings. The highest BCUT2D eigenvalue weighted by Crippen LogP contribution is 2.34. The van der Waals surface area contributed by atoms with Crippen molar-refractivity contribution >= 4 is 46.3 Å². The highest BCUT2D eigenvalue weighted by molar-refractivity contribution is 8.26. The number of hydrogen-bond donors (Lipinski definition) is 0. The molecule has 3 aromatic rings. The van der Waals surface area contributed by atoms with E-state index in [1.165, 1.54) is 23.9 Å². The van der Waals surface area contributed by atoms with Gasteiger partial charge in [0, 0.05) is 11.6 Å². The lowest BCUT2D eigenvalue weighted by molar-refractivity contribution is -0.255. The number of nitrogens with zero attached hydrogens (tertiary/aromatic N) is 1. The normalized spacial score (nSPS) is 15.3. The molecule has 0 bridgehead atoms. The summed E-state index contributed by atoms with van der Waals surface area (Å²) < 4.78 is 6.31. The second kappa shape index (κ2) is 8.06. The van der Waals surface area contributed by atoms with E-state index in [1.807, 2.05) is 30.3 Å². The monoisotopic (exact) mass is 420 g/mol. The number of thiocarbonyl (C=S) groups is 1. The van der Waals surface area contributed by atoms with Crippen LogP contribution in [0.5, 0.6) is 0 Å². The molecular weight excluding hydrogens is 406 g/mol. The second-order valence-electron chi connectivity index (χ2n) is 6.32. The lowest BCUT2D eigenvalue weighted by atomic mass is 10.1. The van der Waals surface area contributed by atoms with Gasteiger partial charge in [0.25, 0.3) is 5.91 Å². The molecule has 0 N–H and O–H groups in total. The Balaban J connectivity index is 1.52. The van der Waals surface area contributed by atoms with Gasteiger partial charge in [-0.05, 0) is 23.3 Å². The van der Waals surface area contributed by atoms with E-state index < -0.39 is 5.97 Å². The van der Waals surface area contributed by atoms with Crippen LogP contribution in [0.2, 0.25) is 0 Å². The molecule has 7 heteroatoms. The van der Waals surface area contributed by atoms with Gasteiger partial charge in [-0.25, -0.2) is 0 Å². The van der Waals surface area contributed by atoms with Gasteiger partial charge in [-0.15, -0.1) is 0 Å². The van der Waals surface area contributed by atoms with E-state index in [1.54, 1.807) is 35.2 Å². The first kappa shape index (κ1) is 19.2. The van der Waals surface area contributed by atoms with Crippen molar-refractivity contribution in [2.45, 2.75) is 6.54 Å². The Morgan fingerprint density at radius 2 is 1.79 bits per heavy atom. The van der Waals surface area contributed by atoms with Gasteiger partial charge in [-0.2, -0.15) is 0 Å². The van der Waals surface area contributed by atoms with Crippen LogP contribution >= 0.6 is 24.0 Å². The summed E-state index contributed by atoms with van der Waals surface area (Å²) in [5.74, 6) is -0.292. The summed E-state index contributed by atoms with van der Waals surface area (Å²) in [7, 11) is 0. The number of hydrogen-bond acceptors (Lipinski definition) is 6. The SMILES string of the molecule is O=C([O-])c1ccc(-c2ccc(/C=C3\SC(=S)N(Cc4ccccc4)C3=O)o2)cc1. The maximum Gasteiger partial charge on any atom is 0.266 e. The lowest BCUT2D eigenvalue weighted by Gasteiger charge is -2.14. The standard InChI is InChI=1S/C22H15NO4S2/c24-20-19(29-22(28)23(20)13-14-4-2-1-3-5-14)12-17-10-11-18(27-17)15-6-8-16(9-7-15)21(25)26/h1-12H,13H2,(H,25,26)/p-1/b19-12-. The first-order chi connectivity index (χ1) is 14.0. The van der Waals surface area contributed by atoms with Crippen LogP contribution in [0.3, 0.4) is 0 Å². The van der Waals surface area contributed by atoms with Gasteiger partial charge in [0.15, 0.2) is 0 Å². The number of carbonyl (C=O) groups excluding carboxylic acids is 2. The second-order valence-corrected chi connectivity index (χ2v) is 8.00. The lowest BCUT2D eigenvalue weighted by Crippen LogP contribution is -2.27. The predicted molar refractivity (Wildman–Crippen MR) is 114 cm³/mol. The summed E-state index contributed by atoms with van der Waals surface area (Å²) in [6, 6.07) is 19.4. The quantitative estimate of drug-likeness (QED) is 0.463. The zero-order valence-corrected chi connectivity index (χ0v) is 16.7. The first-order valence-electron chi connectivity index (χ1n) is 8.72. The number of carboxylic acids is 1. The van der Waals surface area contributed by atoms with Crippen molar-refractivity contribution in [2.75, 3.05) is 0 Å². The molecule has 1 amide bonds. The van der Waals surface area contributed by atoms with Crippen LogP contribution in [0, 0.1) is 0 Å². The zero-order chi connectivity index (χ0) is 20.4. The molecule has 29 heavy (non-hydrogen) atoms. The van der Waals surface area contributed by atoms with Gasteiger partial charge in [0.05, 0.1) is 17.4 Å². The van der Waals surface area contributed by atoms with Crippen LogP contribution in [0.25, 0.3) is 17.4 Å². The fourth-order valence-electron chi connectivity index (χ4n) is 2.89. The van der Waals surface area contributed by atoms with Gasteiger partial charge in [0.1, 0.15) is 15.8 Å². The Morgan fingerprint density at radius 3 is 2.48 bits per heavy atom. The highest BCUT2D eigenvalue weighted by Gasteiger charge is 2.32. The minimum Gasteiger partial charge on any atom is -0.545 e. The van der Waals surface area contributed by atoms with Crippen molar-refractivity contribution in [3.05, 3.63) is 88.5 Å². The summed E-state index contributed by atoms with van der Waals surface area (Å²) in [5.41, 5.74) is 1.83. The topological polar surface area (TPSA) is 73.6 Å². The number of carboxylic acid groups (broad SMARTS) is 1. The molecule has 5 nitrogen and oxygen atoms in total. The van der Waals surface area contributed by atoms with E-state index in [2.05, 4.69) is 0 Å². The molecule has 1 aliphatic heterocycles. The van der Waals surface area contributed by atoms with Gasteiger partial charge in [-0.1, -0.05) is 78.6 Å². The van der Waals surface area contributed by atoms with Crippen molar-refractivity contribution in [2.24, 2.45) is 0 Å². The number of furan rings is 1. The fourth-order valence-corrected chi connectivity index (χ4v) is 4.12. The van der Waals surface area contributed by atoms with Crippen molar-refractivity contribution in [1.82, 2.24) is 4.90 Å². The molecule has 0 unspecified atom stereocenters. The Hall–Kier alpha value is -3.16. The zero-order valence-electron chi connectivity index (χ0n) is 15.0. The number of amides is 1. The summed E-state index contributed by atoms with van der Waals surface area (Å²) in [6.45, 7) is 0.428. The molecule has 144 valence electrons. The van der Waals surface area contributed by atoms with E-state index in [9.17, 15) is 14.7 Å². The minimum absolute atomic E-state index is 0.0996.